The van der Waals surface area contributed by atoms with E-state index in [2.05, 4.69) is 15.6 Å². The van der Waals surface area contributed by atoms with Crippen molar-refractivity contribution in [2.75, 3.05) is 6.26 Å². The molecule has 0 bridgehead atoms. The molecule has 1 aromatic heterocycles. The quantitative estimate of drug-likeness (QED) is 0.529. The molecule has 1 N–H and O–H groups in total. The molecule has 0 radical (unpaired) electrons. The molecule has 1 fully saturated rings. The van der Waals surface area contributed by atoms with Crippen LogP contribution in [0.4, 0.5) is 0 Å². The first-order valence-corrected chi connectivity index (χ1v) is 8.42. The molecule has 1 aliphatic rings. The van der Waals surface area contributed by atoms with Gasteiger partial charge < -0.3 is 5.32 Å². The first kappa shape index (κ1) is 14.3. The molecule has 0 aliphatic carbocycles. The summed E-state index contributed by atoms with van der Waals surface area (Å²) < 4.78 is 2.14. The zero-order valence-corrected chi connectivity index (χ0v) is 13.4. The number of rotatable bonds is 3. The summed E-state index contributed by atoms with van der Waals surface area (Å²) in [6, 6.07) is 8.00. The maximum atomic E-state index is 11.6. The standard InChI is InChI=1S/C13H10N4OS3/c1-20-10-4-2-9(3-5-10)17-7-8(15-16-17)6-11-12(18)14-13(19)21-11/h2-7H,1H3,(H,14,18,19)/b11-6-. The Kier molecular flexibility index (Phi) is 4.09. The van der Waals surface area contributed by atoms with Gasteiger partial charge in [-0.2, -0.15) is 0 Å². The molecule has 5 nitrogen and oxygen atoms in total. The van der Waals surface area contributed by atoms with Crippen molar-refractivity contribution in [2.45, 2.75) is 4.90 Å². The molecule has 0 unspecified atom stereocenters. The zero-order chi connectivity index (χ0) is 14.8. The predicted octanol–water partition coefficient (Wildman–Crippen LogP) is 2.48. The Labute approximate surface area is 135 Å². The third-order valence-electron chi connectivity index (χ3n) is 2.77. The number of thioether (sulfide) groups is 2. The first-order chi connectivity index (χ1) is 10.2. The fraction of sp³-hybridized carbons (Fsp3) is 0.0769. The van der Waals surface area contributed by atoms with E-state index in [1.54, 1.807) is 28.7 Å². The average molecular weight is 334 g/mol. The summed E-state index contributed by atoms with van der Waals surface area (Å²) in [5.74, 6) is -0.191. The Morgan fingerprint density at radius 3 is 2.76 bits per heavy atom. The van der Waals surface area contributed by atoms with Crippen LogP contribution >= 0.6 is 35.7 Å². The highest BCUT2D eigenvalue weighted by Gasteiger charge is 2.22. The largest absolute Gasteiger partial charge is 0.307 e. The third kappa shape index (κ3) is 3.17. The number of hydrogen-bond acceptors (Lipinski definition) is 6. The van der Waals surface area contributed by atoms with Crippen molar-refractivity contribution < 1.29 is 4.79 Å². The molecule has 3 rings (SSSR count). The topological polar surface area (TPSA) is 59.8 Å². The SMILES string of the molecule is CSc1ccc(-n2cc(/C=C3\SC(=S)NC3=O)nn2)cc1. The van der Waals surface area contributed by atoms with Crippen LogP contribution < -0.4 is 5.32 Å². The Balaban J connectivity index is 1.84. The van der Waals surface area contributed by atoms with Crippen molar-refractivity contribution in [2.24, 2.45) is 0 Å². The van der Waals surface area contributed by atoms with Crippen LogP contribution in [0.1, 0.15) is 5.69 Å². The second-order valence-corrected chi connectivity index (χ2v) is 6.74. The van der Waals surface area contributed by atoms with Crippen LogP contribution in [0, 0.1) is 0 Å². The van der Waals surface area contributed by atoms with E-state index in [0.29, 0.717) is 14.9 Å². The van der Waals surface area contributed by atoms with Crippen LogP contribution in [0.5, 0.6) is 0 Å². The van der Waals surface area contributed by atoms with E-state index in [9.17, 15) is 4.79 Å². The number of nitrogens with zero attached hydrogens (tertiary/aromatic N) is 3. The van der Waals surface area contributed by atoms with Gasteiger partial charge in [-0.3, -0.25) is 4.79 Å². The average Bonchev–Trinajstić information content (AvgIpc) is 3.07. The highest BCUT2D eigenvalue weighted by molar-refractivity contribution is 8.26. The number of nitrogens with one attached hydrogen (secondary N) is 1. The van der Waals surface area contributed by atoms with Crippen molar-refractivity contribution in [1.29, 1.82) is 0 Å². The van der Waals surface area contributed by atoms with Gasteiger partial charge in [0.25, 0.3) is 5.91 Å². The van der Waals surface area contributed by atoms with Crippen molar-refractivity contribution in [1.82, 2.24) is 20.3 Å². The summed E-state index contributed by atoms with van der Waals surface area (Å²) in [7, 11) is 0. The number of aromatic nitrogens is 3. The summed E-state index contributed by atoms with van der Waals surface area (Å²) in [6.45, 7) is 0. The number of hydrogen-bond donors (Lipinski definition) is 1. The fourth-order valence-electron chi connectivity index (χ4n) is 1.76. The smallest absolute Gasteiger partial charge is 0.263 e. The van der Waals surface area contributed by atoms with Crippen LogP contribution in [0.2, 0.25) is 0 Å². The lowest BCUT2D eigenvalue weighted by Gasteiger charge is -2.00. The lowest BCUT2D eigenvalue weighted by atomic mass is 10.3. The van der Waals surface area contributed by atoms with E-state index in [-0.39, 0.29) is 5.91 Å². The van der Waals surface area contributed by atoms with Gasteiger partial charge in [0.1, 0.15) is 10.0 Å². The molecule has 0 atom stereocenters. The van der Waals surface area contributed by atoms with Gasteiger partial charge in [0.05, 0.1) is 16.8 Å². The molecule has 0 saturated carbocycles. The van der Waals surface area contributed by atoms with Crippen LogP contribution in [0.25, 0.3) is 11.8 Å². The highest BCUT2D eigenvalue weighted by Crippen LogP contribution is 2.25. The molecule has 1 aromatic carbocycles. The Hall–Kier alpha value is -1.64. The number of thiocarbonyl (C=S) groups is 1. The summed E-state index contributed by atoms with van der Waals surface area (Å²) in [4.78, 5) is 13.3. The van der Waals surface area contributed by atoms with Crippen molar-refractivity contribution in [3.8, 4) is 5.69 Å². The Morgan fingerprint density at radius 2 is 2.14 bits per heavy atom. The van der Waals surface area contributed by atoms with Gasteiger partial charge in [-0.1, -0.05) is 29.2 Å². The number of amides is 1. The minimum Gasteiger partial charge on any atom is -0.307 e. The van der Waals surface area contributed by atoms with Crippen LogP contribution in [0.3, 0.4) is 0 Å². The second-order valence-electron chi connectivity index (χ2n) is 4.14. The summed E-state index contributed by atoms with van der Waals surface area (Å²) >= 11 is 7.86. The van der Waals surface area contributed by atoms with Crippen molar-refractivity contribution in [3.05, 3.63) is 41.1 Å². The van der Waals surface area contributed by atoms with Gasteiger partial charge in [-0.15, -0.1) is 16.9 Å². The molecule has 0 spiro atoms. The van der Waals surface area contributed by atoms with E-state index in [1.165, 1.54) is 16.7 Å². The monoisotopic (exact) mass is 334 g/mol. The van der Waals surface area contributed by atoms with E-state index in [0.717, 1.165) is 5.69 Å². The second kappa shape index (κ2) is 6.00. The van der Waals surface area contributed by atoms with Crippen molar-refractivity contribution >= 4 is 52.0 Å². The Morgan fingerprint density at radius 1 is 1.38 bits per heavy atom. The van der Waals surface area contributed by atoms with E-state index < -0.39 is 0 Å². The van der Waals surface area contributed by atoms with Gasteiger partial charge in [0, 0.05) is 4.90 Å². The first-order valence-electron chi connectivity index (χ1n) is 5.97. The molecular formula is C13H10N4OS3. The van der Waals surface area contributed by atoms with Crippen LogP contribution in [-0.2, 0) is 4.79 Å². The normalized spacial score (nSPS) is 16.5. The molecule has 8 heteroatoms. The summed E-state index contributed by atoms with van der Waals surface area (Å²) in [6.07, 6.45) is 5.48. The fourth-order valence-corrected chi connectivity index (χ4v) is 3.20. The zero-order valence-electron chi connectivity index (χ0n) is 10.9. The minimum atomic E-state index is -0.191. The molecule has 21 heavy (non-hydrogen) atoms. The predicted molar refractivity (Wildman–Crippen MR) is 89.4 cm³/mol. The highest BCUT2D eigenvalue weighted by atomic mass is 32.2. The molecular weight excluding hydrogens is 324 g/mol. The van der Waals surface area contributed by atoms with E-state index in [4.69, 9.17) is 12.2 Å². The summed E-state index contributed by atoms with van der Waals surface area (Å²) in [5, 5.41) is 10.7. The van der Waals surface area contributed by atoms with Gasteiger partial charge in [-0.05, 0) is 36.6 Å². The van der Waals surface area contributed by atoms with Crippen LogP contribution in [-0.4, -0.2) is 31.5 Å². The maximum absolute atomic E-state index is 11.6. The van der Waals surface area contributed by atoms with Gasteiger partial charge in [0.15, 0.2) is 0 Å². The molecule has 2 heterocycles. The lowest BCUT2D eigenvalue weighted by molar-refractivity contribution is -0.115. The molecule has 1 amide bonds. The van der Waals surface area contributed by atoms with E-state index >= 15 is 0 Å². The summed E-state index contributed by atoms with van der Waals surface area (Å²) in [5.41, 5.74) is 1.54. The van der Waals surface area contributed by atoms with Gasteiger partial charge in [0.2, 0.25) is 0 Å². The van der Waals surface area contributed by atoms with Crippen molar-refractivity contribution in [3.63, 3.8) is 0 Å². The Bertz CT molecular complexity index is 736. The number of carbonyl (C=O) groups excluding carboxylic acids is 1. The van der Waals surface area contributed by atoms with Gasteiger partial charge in [-0.25, -0.2) is 4.68 Å². The van der Waals surface area contributed by atoms with E-state index in [1.807, 2.05) is 30.5 Å². The minimum absolute atomic E-state index is 0.191. The number of benzene rings is 1. The van der Waals surface area contributed by atoms with Crippen LogP contribution in [0.15, 0.2) is 40.3 Å². The molecule has 106 valence electrons. The van der Waals surface area contributed by atoms with Gasteiger partial charge >= 0.3 is 0 Å². The molecule has 2 aromatic rings. The number of carbonyl (C=O) groups is 1. The molecule has 1 aliphatic heterocycles. The maximum Gasteiger partial charge on any atom is 0.263 e. The lowest BCUT2D eigenvalue weighted by Crippen LogP contribution is -2.17. The molecule has 1 saturated heterocycles. The third-order valence-corrected chi connectivity index (χ3v) is 4.68.